The third kappa shape index (κ3) is 3.65. The fourth-order valence-corrected chi connectivity index (χ4v) is 3.98. The Balaban J connectivity index is 1.53. The molecule has 1 aromatic heterocycles. The fraction of sp³-hybridized carbons (Fsp3) is 0.304. The summed E-state index contributed by atoms with van der Waals surface area (Å²) in [5, 5.41) is 4.12. The maximum Gasteiger partial charge on any atom is 0.225 e. The van der Waals surface area contributed by atoms with E-state index in [2.05, 4.69) is 22.4 Å². The van der Waals surface area contributed by atoms with E-state index in [0.717, 1.165) is 23.1 Å². The quantitative estimate of drug-likeness (QED) is 0.731. The van der Waals surface area contributed by atoms with Crippen LogP contribution in [-0.2, 0) is 22.6 Å². The molecule has 0 radical (unpaired) electrons. The van der Waals surface area contributed by atoms with Gasteiger partial charge in [-0.15, -0.1) is 0 Å². The highest BCUT2D eigenvalue weighted by molar-refractivity contribution is 5.86. The first-order valence-corrected chi connectivity index (χ1v) is 9.71. The second-order valence-corrected chi connectivity index (χ2v) is 7.56. The number of benzene rings is 2. The normalized spacial score (nSPS) is 14.6. The average molecular weight is 375 g/mol. The molecule has 1 aliphatic heterocycles. The van der Waals surface area contributed by atoms with Crippen LogP contribution in [0.25, 0.3) is 10.9 Å². The largest absolute Gasteiger partial charge is 0.358 e. The van der Waals surface area contributed by atoms with Crippen molar-refractivity contribution in [2.75, 3.05) is 6.54 Å². The lowest BCUT2D eigenvalue weighted by molar-refractivity contribution is -0.133. The van der Waals surface area contributed by atoms with Crippen LogP contribution < -0.4 is 5.32 Å². The maximum absolute atomic E-state index is 13.1. The number of aryl methyl sites for hydroxylation is 1. The molecule has 2 N–H and O–H groups in total. The first-order valence-electron chi connectivity index (χ1n) is 9.71. The lowest BCUT2D eigenvalue weighted by atomic mass is 10.00. The molecule has 5 heteroatoms. The molecule has 0 bridgehead atoms. The Kier molecular flexibility index (Phi) is 4.90. The van der Waals surface area contributed by atoms with E-state index in [0.29, 0.717) is 13.1 Å². The van der Waals surface area contributed by atoms with Gasteiger partial charge in [-0.2, -0.15) is 0 Å². The first-order chi connectivity index (χ1) is 13.5. The Morgan fingerprint density at radius 2 is 1.89 bits per heavy atom. The molecule has 5 nitrogen and oxygen atoms in total. The van der Waals surface area contributed by atoms with Crippen LogP contribution in [-0.4, -0.2) is 28.2 Å². The molecule has 0 saturated carbocycles. The Morgan fingerprint density at radius 3 is 2.64 bits per heavy atom. The molecule has 28 heavy (non-hydrogen) atoms. The Morgan fingerprint density at radius 1 is 1.14 bits per heavy atom. The van der Waals surface area contributed by atoms with Crippen molar-refractivity contribution < 1.29 is 9.59 Å². The summed E-state index contributed by atoms with van der Waals surface area (Å²) < 4.78 is 0. The van der Waals surface area contributed by atoms with E-state index in [-0.39, 0.29) is 24.3 Å². The van der Waals surface area contributed by atoms with E-state index >= 15 is 0 Å². The van der Waals surface area contributed by atoms with Crippen molar-refractivity contribution in [2.24, 2.45) is 0 Å². The van der Waals surface area contributed by atoms with Crippen molar-refractivity contribution in [1.82, 2.24) is 15.2 Å². The van der Waals surface area contributed by atoms with Gasteiger partial charge in [0, 0.05) is 48.6 Å². The second-order valence-electron chi connectivity index (χ2n) is 7.56. The van der Waals surface area contributed by atoms with Crippen molar-refractivity contribution in [1.29, 1.82) is 0 Å². The number of aromatic amines is 1. The van der Waals surface area contributed by atoms with Crippen molar-refractivity contribution in [3.05, 3.63) is 70.9 Å². The smallest absolute Gasteiger partial charge is 0.225 e. The molecular weight excluding hydrogens is 350 g/mol. The number of carbonyl (C=O) groups is 2. The van der Waals surface area contributed by atoms with Gasteiger partial charge < -0.3 is 15.2 Å². The summed E-state index contributed by atoms with van der Waals surface area (Å²) in [7, 11) is 0. The molecule has 0 aliphatic carbocycles. The number of nitrogens with one attached hydrogen (secondary N) is 2. The number of H-pyrrole nitrogens is 1. The summed E-state index contributed by atoms with van der Waals surface area (Å²) in [5.41, 5.74) is 5.67. The number of carbonyl (C=O) groups excluding carboxylic acids is 2. The van der Waals surface area contributed by atoms with Crippen LogP contribution in [0.4, 0.5) is 0 Å². The van der Waals surface area contributed by atoms with E-state index in [1.54, 1.807) is 0 Å². The van der Waals surface area contributed by atoms with Crippen molar-refractivity contribution in [3.63, 3.8) is 0 Å². The molecule has 0 spiro atoms. The minimum Gasteiger partial charge on any atom is -0.358 e. The molecule has 2 amide bonds. The number of amides is 2. The van der Waals surface area contributed by atoms with Gasteiger partial charge in [0.05, 0.1) is 12.5 Å². The predicted octanol–water partition coefficient (Wildman–Crippen LogP) is 3.63. The van der Waals surface area contributed by atoms with Crippen LogP contribution >= 0.6 is 0 Å². The van der Waals surface area contributed by atoms with Gasteiger partial charge in [-0.25, -0.2) is 0 Å². The number of hydrogen-bond acceptors (Lipinski definition) is 2. The summed E-state index contributed by atoms with van der Waals surface area (Å²) in [6.07, 6.45) is 1.09. The van der Waals surface area contributed by atoms with Crippen LogP contribution in [0.5, 0.6) is 0 Å². The number of para-hydroxylation sites is 1. The molecule has 1 unspecified atom stereocenters. The second kappa shape index (κ2) is 7.50. The third-order valence-corrected chi connectivity index (χ3v) is 5.47. The lowest BCUT2D eigenvalue weighted by Gasteiger charge is -2.29. The topological polar surface area (TPSA) is 65.2 Å². The van der Waals surface area contributed by atoms with Gasteiger partial charge in [-0.3, -0.25) is 9.59 Å². The van der Waals surface area contributed by atoms with Gasteiger partial charge in [-0.05, 0) is 18.6 Å². The number of hydrogen-bond donors (Lipinski definition) is 2. The molecule has 0 fully saturated rings. The minimum atomic E-state index is -0.310. The summed E-state index contributed by atoms with van der Waals surface area (Å²) in [4.78, 5) is 30.1. The zero-order chi connectivity index (χ0) is 19.7. The van der Waals surface area contributed by atoms with Crippen molar-refractivity contribution in [3.8, 4) is 0 Å². The lowest BCUT2D eigenvalue weighted by Crippen LogP contribution is -2.38. The third-order valence-electron chi connectivity index (χ3n) is 5.47. The van der Waals surface area contributed by atoms with Crippen molar-refractivity contribution >= 4 is 22.7 Å². The first kappa shape index (κ1) is 18.3. The van der Waals surface area contributed by atoms with Gasteiger partial charge in [0.15, 0.2) is 0 Å². The van der Waals surface area contributed by atoms with Crippen molar-refractivity contribution in [2.45, 2.75) is 39.3 Å². The summed E-state index contributed by atoms with van der Waals surface area (Å²) in [6, 6.07) is 15.9. The molecule has 2 aromatic carbocycles. The van der Waals surface area contributed by atoms with E-state index in [1.807, 2.05) is 48.2 Å². The summed E-state index contributed by atoms with van der Waals surface area (Å²) in [6.45, 7) is 4.82. The Labute approximate surface area is 164 Å². The predicted molar refractivity (Wildman–Crippen MR) is 110 cm³/mol. The maximum atomic E-state index is 13.1. The van der Waals surface area contributed by atoms with Crippen LogP contribution in [0, 0.1) is 6.92 Å². The van der Waals surface area contributed by atoms with Crippen LogP contribution in [0.1, 0.15) is 41.8 Å². The van der Waals surface area contributed by atoms with Gasteiger partial charge in [0.2, 0.25) is 11.8 Å². The molecule has 1 aliphatic rings. The van der Waals surface area contributed by atoms with Crippen LogP contribution in [0.3, 0.4) is 0 Å². The minimum absolute atomic E-state index is 0.0651. The number of rotatable bonds is 4. The molecule has 4 rings (SSSR count). The molecule has 2 heterocycles. The van der Waals surface area contributed by atoms with Gasteiger partial charge in [0.1, 0.15) is 0 Å². The molecular formula is C23H25N3O2. The SMILES string of the molecule is CC(=O)NC(CC(=O)N1CCc2[nH]c3ccccc3c2C1)c1ccc(C)cc1. The highest BCUT2D eigenvalue weighted by atomic mass is 16.2. The standard InChI is InChI=1S/C23H25N3O2/c1-15-7-9-17(10-8-15)22(24-16(2)27)13-23(28)26-12-11-21-19(14-26)18-5-3-4-6-20(18)25-21/h3-10,22,25H,11-14H2,1-2H3,(H,24,27). The Bertz CT molecular complexity index is 1020. The number of nitrogens with zero attached hydrogens (tertiary/aromatic N) is 1. The van der Waals surface area contributed by atoms with Crippen LogP contribution in [0.15, 0.2) is 48.5 Å². The highest BCUT2D eigenvalue weighted by Gasteiger charge is 2.26. The highest BCUT2D eigenvalue weighted by Crippen LogP contribution is 2.28. The molecule has 144 valence electrons. The monoisotopic (exact) mass is 375 g/mol. The van der Waals surface area contributed by atoms with Crippen LogP contribution in [0.2, 0.25) is 0 Å². The van der Waals surface area contributed by atoms with E-state index in [1.165, 1.54) is 23.6 Å². The number of fused-ring (bicyclic) bond motifs is 3. The van der Waals surface area contributed by atoms with E-state index in [9.17, 15) is 9.59 Å². The zero-order valence-electron chi connectivity index (χ0n) is 16.3. The molecule has 3 aromatic rings. The average Bonchev–Trinajstić information content (AvgIpc) is 3.05. The van der Waals surface area contributed by atoms with E-state index < -0.39 is 0 Å². The molecule has 0 saturated heterocycles. The summed E-state index contributed by atoms with van der Waals surface area (Å²) >= 11 is 0. The van der Waals surface area contributed by atoms with Gasteiger partial charge in [-0.1, -0.05) is 48.0 Å². The number of aromatic nitrogens is 1. The summed E-state index contributed by atoms with van der Waals surface area (Å²) in [5.74, 6) is -0.0637. The Hall–Kier alpha value is -3.08. The fourth-order valence-electron chi connectivity index (χ4n) is 3.98. The molecule has 1 atom stereocenters. The van der Waals surface area contributed by atoms with E-state index in [4.69, 9.17) is 0 Å². The zero-order valence-corrected chi connectivity index (χ0v) is 16.3. The van der Waals surface area contributed by atoms with Gasteiger partial charge >= 0.3 is 0 Å². The van der Waals surface area contributed by atoms with Gasteiger partial charge in [0.25, 0.3) is 0 Å².